The number of para-hydroxylation sites is 6. The normalized spacial score (nSPS) is 12.4. The summed E-state index contributed by atoms with van der Waals surface area (Å²) >= 11 is 3.84. The first-order chi connectivity index (χ1) is 54.6. The molecule has 2 aliphatic carbocycles. The molecule has 0 amide bonds. The van der Waals surface area contributed by atoms with Gasteiger partial charge in [0, 0.05) is 117 Å². The van der Waals surface area contributed by atoms with E-state index < -0.39 is 0 Å². The maximum Gasteiger partial charge on any atom is 0.0541 e. The largest absolute Gasteiger partial charge is 0.309 e. The molecule has 0 spiro atoms. The number of rotatable bonds is 6. The summed E-state index contributed by atoms with van der Waals surface area (Å²) in [4.78, 5) is 0. The van der Waals surface area contributed by atoms with Crippen LogP contribution in [0, 0.1) is 0 Å². The van der Waals surface area contributed by atoms with Gasteiger partial charge in [0.1, 0.15) is 0 Å². The standard InChI is InChI=1S/2C52H30N2S/c1-2-11-33(12-3-1)53-44-18-7-4-13-34(44)42-29-31(21-26-47(42)53)32-22-27-48-43(30-32)35-14-5-8-19-45(35)54(48)46-28-25-37-38-23-24-39-36-15-6-9-20-49(36)55-52(39)51(38)41-17-10-16-40(46)50(37)41;1-2-11-33(12-3-1)53-44-18-7-4-13-34(44)42-29-31(21-26-47(42)53)32-22-27-48-43(30-32)35-14-5-8-19-45(35)54(48)46-28-25-41-50-37(16-10-17-40(46)50)38-23-24-39-36-15-6-9-20-49(36)55-52(39)51(38)41/h2*1-30H. The highest BCUT2D eigenvalue weighted by Gasteiger charge is 2.30. The Hall–Kier alpha value is -13.9. The van der Waals surface area contributed by atoms with Gasteiger partial charge in [-0.25, -0.2) is 0 Å². The predicted molar refractivity (Wildman–Crippen MR) is 471 cm³/mol. The first-order valence-electron chi connectivity index (χ1n) is 37.9. The Morgan fingerprint density at radius 2 is 0.473 bits per heavy atom. The molecule has 4 nitrogen and oxygen atoms in total. The second kappa shape index (κ2) is 22.8. The van der Waals surface area contributed by atoms with Crippen molar-refractivity contribution < 1.29 is 0 Å². The van der Waals surface area contributed by atoms with Gasteiger partial charge in [-0.15, -0.1) is 22.7 Å². The van der Waals surface area contributed by atoms with E-state index in [9.17, 15) is 0 Å². The third kappa shape index (κ3) is 8.38. The van der Waals surface area contributed by atoms with Crippen LogP contribution in [0.25, 0.3) is 239 Å². The monoisotopic (exact) mass is 1430 g/mol. The fourth-order valence-corrected chi connectivity index (χ4v) is 22.0. The molecular weight excluding hydrogens is 1370 g/mol. The average molecular weight is 1430 g/mol. The fourth-order valence-electron chi connectivity index (χ4n) is 19.4. The highest BCUT2D eigenvalue weighted by Crippen LogP contribution is 2.57. The van der Waals surface area contributed by atoms with E-state index in [4.69, 9.17) is 0 Å². The minimum Gasteiger partial charge on any atom is -0.309 e. The smallest absolute Gasteiger partial charge is 0.0541 e. The highest BCUT2D eigenvalue weighted by molar-refractivity contribution is 7.27. The van der Waals surface area contributed by atoms with Crippen LogP contribution in [0.2, 0.25) is 0 Å². The van der Waals surface area contributed by atoms with Gasteiger partial charge in [0.05, 0.1) is 55.5 Å². The highest BCUT2D eigenvalue weighted by atomic mass is 32.1. The van der Waals surface area contributed by atoms with E-state index in [1.54, 1.807) is 0 Å². The lowest BCUT2D eigenvalue weighted by Crippen LogP contribution is -1.95. The van der Waals surface area contributed by atoms with Gasteiger partial charge in [0.2, 0.25) is 0 Å². The van der Waals surface area contributed by atoms with E-state index in [0.717, 1.165) is 0 Å². The van der Waals surface area contributed by atoms with E-state index in [2.05, 4.69) is 382 Å². The summed E-state index contributed by atoms with van der Waals surface area (Å²) in [6.45, 7) is 0. The van der Waals surface area contributed by atoms with Crippen LogP contribution in [0.5, 0.6) is 0 Å². The van der Waals surface area contributed by atoms with Crippen molar-refractivity contribution in [2.75, 3.05) is 0 Å². The minimum absolute atomic E-state index is 1.18. The van der Waals surface area contributed by atoms with Crippen LogP contribution >= 0.6 is 22.7 Å². The second-order valence-electron chi connectivity index (χ2n) is 29.7. The number of benzene rings is 18. The molecule has 0 bridgehead atoms. The molecule has 0 saturated heterocycles. The Labute approximate surface area is 638 Å². The van der Waals surface area contributed by atoms with Gasteiger partial charge < -0.3 is 18.3 Å². The van der Waals surface area contributed by atoms with Crippen molar-refractivity contribution in [3.63, 3.8) is 0 Å². The van der Waals surface area contributed by atoms with E-state index in [0.29, 0.717) is 0 Å². The molecule has 0 N–H and O–H groups in total. The molecule has 24 aromatic rings. The molecule has 6 heterocycles. The van der Waals surface area contributed by atoms with Crippen LogP contribution in [0.3, 0.4) is 0 Å². The Morgan fingerprint density at radius 1 is 0.173 bits per heavy atom. The average Bonchev–Trinajstić information content (AvgIpc) is 1.55. The lowest BCUT2D eigenvalue weighted by molar-refractivity contribution is 1.18. The Balaban J connectivity index is 0.000000126. The molecule has 110 heavy (non-hydrogen) atoms. The van der Waals surface area contributed by atoms with Crippen LogP contribution in [-0.2, 0) is 0 Å². The number of thiophene rings is 2. The van der Waals surface area contributed by atoms with Crippen molar-refractivity contribution in [1.29, 1.82) is 0 Å². The predicted octanol–water partition coefficient (Wildman–Crippen LogP) is 29.4. The summed E-state index contributed by atoms with van der Waals surface area (Å²) in [6.07, 6.45) is 0. The number of nitrogens with zero attached hydrogens (tertiary/aromatic N) is 4. The SMILES string of the molecule is c1ccc(-n2c3ccccc3c3cc(-c4ccc5c(c4)c4ccccc4n5-c4ccc5c6c(cccc46)-c4c-5ccc5c4sc4ccccc45)ccc32)cc1.c1ccc(-n2c3ccccc3c3cc(-c4ccc5c(c4)c4ccccc4n5-c4ccc5c6c(cccc46)-c4ccc6c(sc7ccccc76)c4-5)ccc32)cc1. The molecule has 0 unspecified atom stereocenters. The van der Waals surface area contributed by atoms with Gasteiger partial charge in [-0.05, 0) is 188 Å². The number of aromatic nitrogens is 4. The first kappa shape index (κ1) is 60.3. The van der Waals surface area contributed by atoms with E-state index in [-0.39, 0.29) is 0 Å². The fraction of sp³-hybridized carbons (Fsp3) is 0. The van der Waals surface area contributed by atoms with Gasteiger partial charge >= 0.3 is 0 Å². The summed E-state index contributed by atoms with van der Waals surface area (Å²) in [7, 11) is 0. The lowest BCUT2D eigenvalue weighted by Gasteiger charge is -2.13. The lowest BCUT2D eigenvalue weighted by atomic mass is 10.00. The molecule has 0 aliphatic heterocycles. The third-order valence-electron chi connectivity index (χ3n) is 24.1. The second-order valence-corrected chi connectivity index (χ2v) is 31.8. The molecule has 18 aromatic carbocycles. The van der Waals surface area contributed by atoms with Gasteiger partial charge in [-0.2, -0.15) is 0 Å². The molecule has 508 valence electrons. The summed E-state index contributed by atoms with van der Waals surface area (Å²) in [5.74, 6) is 0. The van der Waals surface area contributed by atoms with Crippen LogP contribution in [0.4, 0.5) is 0 Å². The summed E-state index contributed by atoms with van der Waals surface area (Å²) in [5.41, 5.74) is 30.2. The van der Waals surface area contributed by atoms with Gasteiger partial charge in [-0.3, -0.25) is 0 Å². The summed E-state index contributed by atoms with van der Waals surface area (Å²) in [6, 6.07) is 135. The van der Waals surface area contributed by atoms with Crippen molar-refractivity contribution in [2.24, 2.45) is 0 Å². The topological polar surface area (TPSA) is 19.7 Å². The van der Waals surface area contributed by atoms with E-state index in [1.807, 2.05) is 22.7 Å². The molecule has 6 aromatic heterocycles. The summed E-state index contributed by atoms with van der Waals surface area (Å²) < 4.78 is 15.2. The van der Waals surface area contributed by atoms with Gasteiger partial charge in [0.25, 0.3) is 0 Å². The molecule has 0 fully saturated rings. The number of hydrogen-bond acceptors (Lipinski definition) is 2. The molecule has 6 heteroatoms. The van der Waals surface area contributed by atoms with E-state index >= 15 is 0 Å². The Kier molecular flexibility index (Phi) is 12.5. The third-order valence-corrected chi connectivity index (χ3v) is 26.5. The molecule has 2 aliphatic rings. The maximum absolute atomic E-state index is 2.49. The van der Waals surface area contributed by atoms with Crippen molar-refractivity contribution in [2.45, 2.75) is 0 Å². The molecule has 0 saturated carbocycles. The van der Waals surface area contributed by atoms with Crippen molar-refractivity contribution in [3.8, 4) is 89.5 Å². The van der Waals surface area contributed by atoms with Crippen molar-refractivity contribution in [1.82, 2.24) is 18.3 Å². The first-order valence-corrected chi connectivity index (χ1v) is 39.5. The molecule has 0 radical (unpaired) electrons. The van der Waals surface area contributed by atoms with Gasteiger partial charge in [0.15, 0.2) is 0 Å². The van der Waals surface area contributed by atoms with Gasteiger partial charge in [-0.1, -0.05) is 243 Å². The Morgan fingerprint density at radius 3 is 0.891 bits per heavy atom. The minimum atomic E-state index is 1.18. The van der Waals surface area contributed by atoms with Crippen molar-refractivity contribution >= 4 is 172 Å². The number of hydrogen-bond donors (Lipinski definition) is 0. The maximum atomic E-state index is 2.49. The zero-order chi connectivity index (χ0) is 71.6. The van der Waals surface area contributed by atoms with Crippen molar-refractivity contribution in [3.05, 3.63) is 364 Å². The van der Waals surface area contributed by atoms with Crippen LogP contribution in [0.1, 0.15) is 0 Å². The molecule has 26 rings (SSSR count). The van der Waals surface area contributed by atoms with Crippen LogP contribution in [0.15, 0.2) is 364 Å². The quantitative estimate of drug-likeness (QED) is 0.158. The van der Waals surface area contributed by atoms with Crippen LogP contribution < -0.4 is 0 Å². The zero-order valence-corrected chi connectivity index (χ0v) is 60.9. The molecular formula is C104H60N4S2. The van der Waals surface area contributed by atoms with Crippen LogP contribution in [-0.4, -0.2) is 18.3 Å². The zero-order valence-electron chi connectivity index (χ0n) is 59.2. The summed E-state index contributed by atoms with van der Waals surface area (Å²) in [5, 5.41) is 20.8. The van der Waals surface area contributed by atoms with E-state index in [1.165, 1.54) is 239 Å². The number of fused-ring (bicyclic) bond motifs is 26. The molecule has 0 atom stereocenters. The Bertz CT molecular complexity index is 7720.